The summed E-state index contributed by atoms with van der Waals surface area (Å²) in [6.07, 6.45) is -0.448. The predicted octanol–water partition coefficient (Wildman–Crippen LogP) is 2.18. The van der Waals surface area contributed by atoms with Gasteiger partial charge < -0.3 is 19.5 Å². The Kier molecular flexibility index (Phi) is 9.65. The summed E-state index contributed by atoms with van der Waals surface area (Å²) >= 11 is 5.45. The molecule has 1 rings (SSSR count). The number of hydrogen-bond donors (Lipinski definition) is 1. The molecule has 6 heteroatoms. The Balaban J connectivity index is 1.93. The van der Waals surface area contributed by atoms with Crippen molar-refractivity contribution in [2.24, 2.45) is 0 Å². The van der Waals surface area contributed by atoms with Gasteiger partial charge in [-0.05, 0) is 5.56 Å². The second-order valence-electron chi connectivity index (χ2n) is 3.90. The molecule has 0 heterocycles. The lowest BCUT2D eigenvalue weighted by Gasteiger charge is -2.08. The summed E-state index contributed by atoms with van der Waals surface area (Å²) in [6.45, 7) is 2.60. The molecule has 0 fully saturated rings. The highest BCUT2D eigenvalue weighted by molar-refractivity contribution is 6.17. The van der Waals surface area contributed by atoms with Crippen LogP contribution in [0.25, 0.3) is 0 Å². The SMILES string of the molecule is O=C(NCCOCCOCCCl)OCc1ccccc1. The van der Waals surface area contributed by atoms with E-state index in [1.165, 1.54) is 0 Å². The molecule has 0 radical (unpaired) electrons. The quantitative estimate of drug-likeness (QED) is 0.531. The summed E-state index contributed by atoms with van der Waals surface area (Å²) in [4.78, 5) is 11.4. The average Bonchev–Trinajstić information content (AvgIpc) is 2.49. The van der Waals surface area contributed by atoms with Gasteiger partial charge in [0.05, 0.1) is 26.4 Å². The van der Waals surface area contributed by atoms with E-state index in [0.717, 1.165) is 5.56 Å². The van der Waals surface area contributed by atoms with E-state index in [2.05, 4.69) is 5.32 Å². The van der Waals surface area contributed by atoms with E-state index >= 15 is 0 Å². The molecular formula is C14H20ClNO4. The standard InChI is InChI=1S/C14H20ClNO4/c15-6-8-18-10-11-19-9-7-16-14(17)20-12-13-4-2-1-3-5-13/h1-5H,6-12H2,(H,16,17). The van der Waals surface area contributed by atoms with Crippen molar-refractivity contribution in [2.75, 3.05) is 38.9 Å². The summed E-state index contributed by atoms with van der Waals surface area (Å²) in [7, 11) is 0. The Bertz CT molecular complexity index is 361. The largest absolute Gasteiger partial charge is 0.445 e. The third-order valence-corrected chi connectivity index (χ3v) is 2.48. The van der Waals surface area contributed by atoms with Crippen LogP contribution in [-0.4, -0.2) is 44.9 Å². The highest BCUT2D eigenvalue weighted by atomic mass is 35.5. The van der Waals surface area contributed by atoms with Gasteiger partial charge in [0.2, 0.25) is 0 Å². The summed E-state index contributed by atoms with van der Waals surface area (Å²) in [5.74, 6) is 0.481. The van der Waals surface area contributed by atoms with Crippen molar-refractivity contribution >= 4 is 17.7 Å². The molecule has 0 spiro atoms. The summed E-state index contributed by atoms with van der Waals surface area (Å²) in [5.41, 5.74) is 0.954. The van der Waals surface area contributed by atoms with Crippen LogP contribution in [0.2, 0.25) is 0 Å². The van der Waals surface area contributed by atoms with Gasteiger partial charge in [-0.25, -0.2) is 4.79 Å². The number of alkyl halides is 1. The normalized spacial score (nSPS) is 10.2. The molecule has 0 aliphatic carbocycles. The lowest BCUT2D eigenvalue weighted by Crippen LogP contribution is -2.28. The van der Waals surface area contributed by atoms with E-state index in [9.17, 15) is 4.79 Å². The maximum Gasteiger partial charge on any atom is 0.407 e. The van der Waals surface area contributed by atoms with Crippen molar-refractivity contribution in [2.45, 2.75) is 6.61 Å². The van der Waals surface area contributed by atoms with Gasteiger partial charge in [0.25, 0.3) is 0 Å². The van der Waals surface area contributed by atoms with Crippen LogP contribution in [0, 0.1) is 0 Å². The van der Waals surface area contributed by atoms with Gasteiger partial charge in [-0.2, -0.15) is 0 Å². The van der Waals surface area contributed by atoms with Crippen molar-refractivity contribution in [1.82, 2.24) is 5.32 Å². The monoisotopic (exact) mass is 301 g/mol. The number of nitrogens with one attached hydrogen (secondary N) is 1. The van der Waals surface area contributed by atoms with Gasteiger partial charge in [0, 0.05) is 12.4 Å². The Morgan fingerprint density at radius 1 is 1.05 bits per heavy atom. The van der Waals surface area contributed by atoms with Crippen molar-refractivity contribution in [1.29, 1.82) is 0 Å². The summed E-state index contributed by atoms with van der Waals surface area (Å²) in [6, 6.07) is 9.51. The predicted molar refractivity (Wildman–Crippen MR) is 77.0 cm³/mol. The summed E-state index contributed by atoms with van der Waals surface area (Å²) < 4.78 is 15.4. The fourth-order valence-electron chi connectivity index (χ4n) is 1.38. The number of benzene rings is 1. The smallest absolute Gasteiger partial charge is 0.407 e. The number of halogens is 1. The fraction of sp³-hybridized carbons (Fsp3) is 0.500. The molecule has 0 unspecified atom stereocenters. The van der Waals surface area contributed by atoms with E-state index < -0.39 is 6.09 Å². The van der Waals surface area contributed by atoms with Crippen molar-refractivity contribution < 1.29 is 19.0 Å². The lowest BCUT2D eigenvalue weighted by atomic mass is 10.2. The average molecular weight is 302 g/mol. The van der Waals surface area contributed by atoms with Crippen LogP contribution >= 0.6 is 11.6 Å². The van der Waals surface area contributed by atoms with E-state index in [0.29, 0.717) is 38.9 Å². The first-order valence-electron chi connectivity index (χ1n) is 6.49. The molecule has 1 aromatic rings. The van der Waals surface area contributed by atoms with Gasteiger partial charge in [-0.3, -0.25) is 0 Å². The van der Waals surface area contributed by atoms with E-state index in [1.54, 1.807) is 0 Å². The third kappa shape index (κ3) is 8.74. The number of hydrogen-bond acceptors (Lipinski definition) is 4. The number of ether oxygens (including phenoxy) is 3. The fourth-order valence-corrected chi connectivity index (χ4v) is 1.49. The molecule has 0 aliphatic heterocycles. The summed E-state index contributed by atoms with van der Waals surface area (Å²) in [5, 5.41) is 2.61. The molecule has 20 heavy (non-hydrogen) atoms. The number of carbonyl (C=O) groups excluding carboxylic acids is 1. The second kappa shape index (κ2) is 11.5. The van der Waals surface area contributed by atoms with Gasteiger partial charge in [-0.15, -0.1) is 11.6 Å². The Labute approximate surface area is 124 Å². The van der Waals surface area contributed by atoms with Crippen LogP contribution in [0.1, 0.15) is 5.56 Å². The Hall–Kier alpha value is -1.30. The van der Waals surface area contributed by atoms with Crippen molar-refractivity contribution in [3.05, 3.63) is 35.9 Å². The maximum absolute atomic E-state index is 11.4. The third-order valence-electron chi connectivity index (χ3n) is 2.32. The second-order valence-corrected chi connectivity index (χ2v) is 4.28. The van der Waals surface area contributed by atoms with Crippen LogP contribution in [0.15, 0.2) is 30.3 Å². The van der Waals surface area contributed by atoms with Crippen LogP contribution in [0.5, 0.6) is 0 Å². The minimum Gasteiger partial charge on any atom is -0.445 e. The molecule has 1 aromatic carbocycles. The molecule has 0 saturated heterocycles. The first kappa shape index (κ1) is 16.8. The first-order valence-corrected chi connectivity index (χ1v) is 7.02. The topological polar surface area (TPSA) is 56.8 Å². The van der Waals surface area contributed by atoms with E-state index in [4.69, 9.17) is 25.8 Å². The molecule has 0 aromatic heterocycles. The van der Waals surface area contributed by atoms with Gasteiger partial charge in [0.15, 0.2) is 0 Å². The zero-order chi connectivity index (χ0) is 14.5. The van der Waals surface area contributed by atoms with Crippen molar-refractivity contribution in [3.63, 3.8) is 0 Å². The first-order chi connectivity index (χ1) is 9.83. The molecule has 5 nitrogen and oxygen atoms in total. The van der Waals surface area contributed by atoms with Crippen molar-refractivity contribution in [3.8, 4) is 0 Å². The van der Waals surface area contributed by atoms with Gasteiger partial charge in [0.1, 0.15) is 6.61 Å². The molecule has 1 amide bonds. The maximum atomic E-state index is 11.4. The molecule has 0 atom stereocenters. The number of carbonyl (C=O) groups is 1. The molecule has 0 saturated carbocycles. The minimum atomic E-state index is -0.448. The molecule has 0 aliphatic rings. The molecular weight excluding hydrogens is 282 g/mol. The van der Waals surface area contributed by atoms with Crippen LogP contribution in [-0.2, 0) is 20.8 Å². The number of rotatable bonds is 10. The molecule has 0 bridgehead atoms. The Morgan fingerprint density at radius 3 is 2.45 bits per heavy atom. The Morgan fingerprint density at radius 2 is 1.75 bits per heavy atom. The van der Waals surface area contributed by atoms with Crippen LogP contribution in [0.3, 0.4) is 0 Å². The van der Waals surface area contributed by atoms with Crippen LogP contribution in [0.4, 0.5) is 4.79 Å². The molecule has 112 valence electrons. The highest BCUT2D eigenvalue weighted by Gasteiger charge is 2.01. The molecule has 1 N–H and O–H groups in total. The number of alkyl carbamates (subject to hydrolysis) is 1. The van der Waals surface area contributed by atoms with E-state index in [1.807, 2.05) is 30.3 Å². The van der Waals surface area contributed by atoms with Gasteiger partial charge in [-0.1, -0.05) is 30.3 Å². The number of amides is 1. The zero-order valence-corrected chi connectivity index (χ0v) is 12.1. The lowest BCUT2D eigenvalue weighted by molar-refractivity contribution is 0.0539. The van der Waals surface area contributed by atoms with E-state index in [-0.39, 0.29) is 6.61 Å². The van der Waals surface area contributed by atoms with Gasteiger partial charge >= 0.3 is 6.09 Å². The van der Waals surface area contributed by atoms with Crippen LogP contribution < -0.4 is 5.32 Å². The highest BCUT2D eigenvalue weighted by Crippen LogP contribution is 2.00. The zero-order valence-electron chi connectivity index (χ0n) is 11.3. The minimum absolute atomic E-state index is 0.264.